The molecule has 1 atom stereocenters. The van der Waals surface area contributed by atoms with Gasteiger partial charge in [0.15, 0.2) is 0 Å². The molecule has 1 aromatic carbocycles. The van der Waals surface area contributed by atoms with Crippen LogP contribution >= 0.6 is 22.9 Å². The third-order valence-electron chi connectivity index (χ3n) is 3.36. The van der Waals surface area contributed by atoms with E-state index in [1.807, 2.05) is 17.4 Å². The smallest absolute Gasteiger partial charge is 0.0927 e. The van der Waals surface area contributed by atoms with Crippen LogP contribution in [-0.2, 0) is 12.8 Å². The summed E-state index contributed by atoms with van der Waals surface area (Å²) in [7, 11) is 0. The molecule has 1 heterocycles. The number of thiophene rings is 1. The van der Waals surface area contributed by atoms with Crippen molar-refractivity contribution in [2.45, 2.75) is 31.1 Å². The predicted octanol–water partition coefficient (Wildman–Crippen LogP) is 4.96. The van der Waals surface area contributed by atoms with Crippen molar-refractivity contribution < 1.29 is 0 Å². The maximum Gasteiger partial charge on any atom is 0.0927 e. The number of hydrogen-bond donors (Lipinski definition) is 0. The Labute approximate surface area is 111 Å². The topological polar surface area (TPSA) is 0 Å². The summed E-state index contributed by atoms with van der Waals surface area (Å²) in [6.07, 6.45) is 5.16. The van der Waals surface area contributed by atoms with E-state index in [2.05, 4.69) is 30.3 Å². The minimum absolute atomic E-state index is 0.0202. The van der Waals surface area contributed by atoms with Gasteiger partial charge in [0.2, 0.25) is 0 Å². The highest BCUT2D eigenvalue weighted by atomic mass is 35.5. The van der Waals surface area contributed by atoms with Gasteiger partial charge < -0.3 is 0 Å². The molecule has 1 aromatic heterocycles. The van der Waals surface area contributed by atoms with E-state index in [4.69, 9.17) is 11.6 Å². The minimum Gasteiger partial charge on any atom is -0.143 e. The van der Waals surface area contributed by atoms with E-state index in [1.165, 1.54) is 41.7 Å². The second-order valence-electron chi connectivity index (χ2n) is 4.58. The molecule has 1 aliphatic carbocycles. The van der Waals surface area contributed by atoms with Gasteiger partial charge in [-0.05, 0) is 42.9 Å². The van der Waals surface area contributed by atoms with Crippen molar-refractivity contribution in [3.8, 4) is 0 Å². The van der Waals surface area contributed by atoms with Crippen LogP contribution in [0.4, 0.5) is 0 Å². The van der Waals surface area contributed by atoms with E-state index in [-0.39, 0.29) is 5.38 Å². The molecule has 0 N–H and O–H groups in total. The highest BCUT2D eigenvalue weighted by molar-refractivity contribution is 7.12. The monoisotopic (exact) mass is 262 g/mol. The highest BCUT2D eigenvalue weighted by Crippen LogP contribution is 2.38. The summed E-state index contributed by atoms with van der Waals surface area (Å²) in [5.41, 5.74) is 2.74. The van der Waals surface area contributed by atoms with E-state index >= 15 is 0 Å². The summed E-state index contributed by atoms with van der Waals surface area (Å²) >= 11 is 8.47. The lowest BCUT2D eigenvalue weighted by molar-refractivity contribution is 0.697. The number of fused-ring (bicyclic) bond motifs is 1. The van der Waals surface area contributed by atoms with Crippen LogP contribution in [0.2, 0.25) is 0 Å². The molecule has 0 aliphatic heterocycles. The van der Waals surface area contributed by atoms with E-state index in [9.17, 15) is 0 Å². The van der Waals surface area contributed by atoms with E-state index in [0.29, 0.717) is 0 Å². The molecule has 2 aromatic rings. The second kappa shape index (κ2) is 4.83. The third-order valence-corrected chi connectivity index (χ3v) is 5.28. The molecule has 0 amide bonds. The Balaban J connectivity index is 1.91. The standard InChI is InChI=1S/C15H15ClS/c16-15(11-6-2-1-3-7-11)14-10-12-8-4-5-9-13(12)17-14/h1-3,6-7,10,15H,4-5,8-9H2. The Bertz CT molecular complexity index is 477. The van der Waals surface area contributed by atoms with Crippen LogP contribution < -0.4 is 0 Å². The average molecular weight is 263 g/mol. The fourth-order valence-electron chi connectivity index (χ4n) is 2.42. The number of aryl methyl sites for hydroxylation is 2. The minimum atomic E-state index is 0.0202. The zero-order chi connectivity index (χ0) is 11.7. The Morgan fingerprint density at radius 2 is 1.82 bits per heavy atom. The van der Waals surface area contributed by atoms with Crippen LogP contribution in [0, 0.1) is 0 Å². The van der Waals surface area contributed by atoms with E-state index in [1.54, 1.807) is 4.88 Å². The van der Waals surface area contributed by atoms with Crippen molar-refractivity contribution in [1.82, 2.24) is 0 Å². The van der Waals surface area contributed by atoms with Gasteiger partial charge >= 0.3 is 0 Å². The first-order chi connectivity index (χ1) is 8.34. The lowest BCUT2D eigenvalue weighted by Gasteiger charge is -2.08. The molecule has 17 heavy (non-hydrogen) atoms. The van der Waals surface area contributed by atoms with E-state index < -0.39 is 0 Å². The molecule has 0 saturated carbocycles. The number of halogens is 1. The highest BCUT2D eigenvalue weighted by Gasteiger charge is 2.18. The SMILES string of the molecule is ClC(c1ccccc1)c1cc2c(s1)CCCC2. The summed E-state index contributed by atoms with van der Waals surface area (Å²) in [6, 6.07) is 12.7. The van der Waals surface area contributed by atoms with Gasteiger partial charge in [-0.25, -0.2) is 0 Å². The molecular weight excluding hydrogens is 248 g/mol. The van der Waals surface area contributed by atoms with Crippen LogP contribution in [0.5, 0.6) is 0 Å². The van der Waals surface area contributed by atoms with Gasteiger partial charge in [-0.3, -0.25) is 0 Å². The summed E-state index contributed by atoms with van der Waals surface area (Å²) in [6.45, 7) is 0. The molecule has 0 spiro atoms. The van der Waals surface area contributed by atoms with Gasteiger partial charge in [0.25, 0.3) is 0 Å². The van der Waals surface area contributed by atoms with Crippen molar-refractivity contribution in [3.05, 3.63) is 57.3 Å². The van der Waals surface area contributed by atoms with Crippen LogP contribution in [-0.4, -0.2) is 0 Å². The zero-order valence-corrected chi connectivity index (χ0v) is 11.2. The van der Waals surface area contributed by atoms with Gasteiger partial charge in [0, 0.05) is 9.75 Å². The summed E-state index contributed by atoms with van der Waals surface area (Å²) in [5.74, 6) is 0. The van der Waals surface area contributed by atoms with Gasteiger partial charge in [-0.1, -0.05) is 30.3 Å². The molecule has 88 valence electrons. The van der Waals surface area contributed by atoms with Crippen molar-refractivity contribution in [3.63, 3.8) is 0 Å². The summed E-state index contributed by atoms with van der Waals surface area (Å²) in [4.78, 5) is 2.87. The second-order valence-corrected chi connectivity index (χ2v) is 6.18. The van der Waals surface area contributed by atoms with Gasteiger partial charge in [0.1, 0.15) is 0 Å². The molecule has 0 saturated heterocycles. The first-order valence-corrected chi connectivity index (χ1v) is 7.40. The number of rotatable bonds is 2. The molecule has 1 aliphatic rings. The van der Waals surface area contributed by atoms with Gasteiger partial charge in [-0.2, -0.15) is 0 Å². The van der Waals surface area contributed by atoms with Crippen molar-refractivity contribution in [1.29, 1.82) is 0 Å². The van der Waals surface area contributed by atoms with Crippen LogP contribution in [0.1, 0.15) is 39.1 Å². The van der Waals surface area contributed by atoms with Crippen molar-refractivity contribution in [2.75, 3.05) is 0 Å². The van der Waals surface area contributed by atoms with Gasteiger partial charge in [0.05, 0.1) is 5.38 Å². The quantitative estimate of drug-likeness (QED) is 0.672. The molecule has 0 radical (unpaired) electrons. The van der Waals surface area contributed by atoms with Crippen LogP contribution in [0.15, 0.2) is 36.4 Å². The molecule has 1 unspecified atom stereocenters. The predicted molar refractivity (Wildman–Crippen MR) is 75.1 cm³/mol. The fraction of sp³-hybridized carbons (Fsp3) is 0.333. The van der Waals surface area contributed by atoms with Crippen LogP contribution in [0.25, 0.3) is 0 Å². The van der Waals surface area contributed by atoms with Crippen molar-refractivity contribution >= 4 is 22.9 Å². The fourth-order valence-corrected chi connectivity index (χ4v) is 4.03. The molecule has 3 rings (SSSR count). The lowest BCUT2D eigenvalue weighted by atomic mass is 9.99. The molecule has 2 heteroatoms. The number of hydrogen-bond acceptors (Lipinski definition) is 1. The average Bonchev–Trinajstić information content (AvgIpc) is 2.82. The largest absolute Gasteiger partial charge is 0.143 e. The Morgan fingerprint density at radius 3 is 2.59 bits per heavy atom. The van der Waals surface area contributed by atoms with E-state index in [0.717, 1.165) is 0 Å². The normalized spacial score (nSPS) is 16.5. The molecular formula is C15H15ClS. The first-order valence-electron chi connectivity index (χ1n) is 6.15. The van der Waals surface area contributed by atoms with Gasteiger partial charge in [-0.15, -0.1) is 22.9 Å². The van der Waals surface area contributed by atoms with Crippen molar-refractivity contribution in [2.24, 2.45) is 0 Å². The summed E-state index contributed by atoms with van der Waals surface area (Å²) < 4.78 is 0. The first kappa shape index (κ1) is 11.3. The lowest BCUT2D eigenvalue weighted by Crippen LogP contribution is -1.96. The number of alkyl halides is 1. The summed E-state index contributed by atoms with van der Waals surface area (Å²) in [5, 5.41) is 0.0202. The molecule has 0 bridgehead atoms. The third kappa shape index (κ3) is 2.27. The number of benzene rings is 1. The Morgan fingerprint density at radius 1 is 1.06 bits per heavy atom. The zero-order valence-electron chi connectivity index (χ0n) is 9.66. The maximum absolute atomic E-state index is 6.56. The maximum atomic E-state index is 6.56. The van der Waals surface area contributed by atoms with Crippen LogP contribution in [0.3, 0.4) is 0 Å². The molecule has 0 fully saturated rings. The molecule has 0 nitrogen and oxygen atoms in total. The Hall–Kier alpha value is -0.790. The Kier molecular flexibility index (Phi) is 3.21.